The Labute approximate surface area is 142 Å². The zero-order chi connectivity index (χ0) is 17.1. The minimum Gasteiger partial charge on any atom is -0.508 e. The summed E-state index contributed by atoms with van der Waals surface area (Å²) in [5.74, 6) is 0.992. The van der Waals surface area contributed by atoms with Crippen molar-refractivity contribution < 1.29 is 14.6 Å². The lowest BCUT2D eigenvalue weighted by atomic mass is 10.1. The van der Waals surface area contributed by atoms with Crippen molar-refractivity contribution in [2.45, 2.75) is 39.3 Å². The summed E-state index contributed by atoms with van der Waals surface area (Å²) in [6.45, 7) is 4.96. The lowest BCUT2D eigenvalue weighted by Crippen LogP contribution is -2.33. The first-order chi connectivity index (χ1) is 11.6. The fourth-order valence-electron chi connectivity index (χ4n) is 2.82. The lowest BCUT2D eigenvalue weighted by Gasteiger charge is -2.24. The van der Waals surface area contributed by atoms with Crippen LogP contribution in [0.3, 0.4) is 0 Å². The number of phenols is 1. The van der Waals surface area contributed by atoms with Gasteiger partial charge in [0, 0.05) is 23.7 Å². The number of carbonyl (C=O) groups excluding carboxylic acids is 1. The molecular formula is C20H23NO3. The van der Waals surface area contributed by atoms with Crippen LogP contribution in [0.25, 0.3) is 0 Å². The quantitative estimate of drug-likeness (QED) is 0.876. The van der Waals surface area contributed by atoms with E-state index in [-0.39, 0.29) is 11.7 Å². The van der Waals surface area contributed by atoms with Crippen LogP contribution >= 0.6 is 0 Å². The Bertz CT molecular complexity index is 720. The van der Waals surface area contributed by atoms with Crippen molar-refractivity contribution in [2.24, 2.45) is 0 Å². The van der Waals surface area contributed by atoms with Crippen molar-refractivity contribution in [1.82, 2.24) is 4.90 Å². The number of benzene rings is 2. The first-order valence-electron chi connectivity index (χ1n) is 8.41. The molecule has 1 fully saturated rings. The molecule has 1 aliphatic rings. The van der Waals surface area contributed by atoms with Gasteiger partial charge >= 0.3 is 0 Å². The molecule has 1 amide bonds. The molecule has 0 heterocycles. The van der Waals surface area contributed by atoms with Crippen molar-refractivity contribution in [3.05, 3.63) is 59.2 Å². The van der Waals surface area contributed by atoms with Gasteiger partial charge in [0.05, 0.1) is 6.61 Å². The summed E-state index contributed by atoms with van der Waals surface area (Å²) in [6.07, 6.45) is 2.08. The highest BCUT2D eigenvalue weighted by Gasteiger charge is 2.33. The number of hydrogen-bond acceptors (Lipinski definition) is 3. The van der Waals surface area contributed by atoms with E-state index in [1.54, 1.807) is 25.1 Å². The second-order valence-corrected chi connectivity index (χ2v) is 6.19. The number of hydrogen-bond donors (Lipinski definition) is 1. The van der Waals surface area contributed by atoms with E-state index in [1.165, 1.54) is 0 Å². The number of carbonyl (C=O) groups is 1. The number of phenolic OH excluding ortho intramolecular Hbond substituents is 1. The molecule has 4 nitrogen and oxygen atoms in total. The molecule has 1 aliphatic carbocycles. The third kappa shape index (κ3) is 3.53. The normalized spacial score (nSPS) is 13.6. The average Bonchev–Trinajstić information content (AvgIpc) is 3.41. The summed E-state index contributed by atoms with van der Waals surface area (Å²) < 4.78 is 5.46. The Morgan fingerprint density at radius 1 is 1.21 bits per heavy atom. The molecular weight excluding hydrogens is 302 g/mol. The Kier molecular flexibility index (Phi) is 4.74. The van der Waals surface area contributed by atoms with Crippen LogP contribution in [0, 0.1) is 6.92 Å². The van der Waals surface area contributed by atoms with E-state index in [0.29, 0.717) is 30.3 Å². The molecule has 0 radical (unpaired) electrons. The molecule has 0 unspecified atom stereocenters. The molecule has 0 spiro atoms. The van der Waals surface area contributed by atoms with Crippen molar-refractivity contribution in [3.63, 3.8) is 0 Å². The highest BCUT2D eigenvalue weighted by molar-refractivity contribution is 5.96. The van der Waals surface area contributed by atoms with Crippen molar-refractivity contribution in [3.8, 4) is 11.5 Å². The van der Waals surface area contributed by atoms with Crippen LogP contribution in [0.15, 0.2) is 42.5 Å². The third-order valence-corrected chi connectivity index (χ3v) is 4.37. The van der Waals surface area contributed by atoms with Crippen LogP contribution in [-0.4, -0.2) is 28.6 Å². The SMILES string of the molecule is CCOc1ccc(CN(C(=O)c2cccc(O)c2C)C2CC2)cc1. The van der Waals surface area contributed by atoms with E-state index < -0.39 is 0 Å². The smallest absolute Gasteiger partial charge is 0.254 e. The molecule has 2 aromatic carbocycles. The zero-order valence-electron chi connectivity index (χ0n) is 14.2. The number of nitrogens with zero attached hydrogens (tertiary/aromatic N) is 1. The van der Waals surface area contributed by atoms with Gasteiger partial charge in [0.15, 0.2) is 0 Å². The van der Waals surface area contributed by atoms with Gasteiger partial charge in [-0.25, -0.2) is 0 Å². The number of amides is 1. The van der Waals surface area contributed by atoms with Crippen LogP contribution in [0.2, 0.25) is 0 Å². The fourth-order valence-corrected chi connectivity index (χ4v) is 2.82. The molecule has 0 aliphatic heterocycles. The maximum atomic E-state index is 13.0. The van der Waals surface area contributed by atoms with Crippen LogP contribution in [0.4, 0.5) is 0 Å². The largest absolute Gasteiger partial charge is 0.508 e. The van der Waals surface area contributed by atoms with Crippen LogP contribution in [-0.2, 0) is 6.54 Å². The van der Waals surface area contributed by atoms with Crippen molar-refractivity contribution in [1.29, 1.82) is 0 Å². The molecule has 0 saturated heterocycles. The monoisotopic (exact) mass is 325 g/mol. The second-order valence-electron chi connectivity index (χ2n) is 6.19. The maximum Gasteiger partial charge on any atom is 0.254 e. The van der Waals surface area contributed by atoms with Crippen LogP contribution in [0.5, 0.6) is 11.5 Å². The van der Waals surface area contributed by atoms with E-state index in [0.717, 1.165) is 24.2 Å². The minimum absolute atomic E-state index is 0.0141. The summed E-state index contributed by atoms with van der Waals surface area (Å²) >= 11 is 0. The Morgan fingerprint density at radius 2 is 1.92 bits per heavy atom. The first kappa shape index (κ1) is 16.4. The van der Waals surface area contributed by atoms with Crippen LogP contribution < -0.4 is 4.74 Å². The number of ether oxygens (including phenoxy) is 1. The number of aromatic hydroxyl groups is 1. The van der Waals surface area contributed by atoms with Gasteiger partial charge in [-0.2, -0.15) is 0 Å². The molecule has 0 atom stereocenters. The van der Waals surface area contributed by atoms with E-state index in [1.807, 2.05) is 36.1 Å². The van der Waals surface area contributed by atoms with Gasteiger partial charge < -0.3 is 14.7 Å². The summed E-state index contributed by atoms with van der Waals surface area (Å²) in [6, 6.07) is 13.3. The standard InChI is InChI=1S/C20H23NO3/c1-3-24-17-11-7-15(8-12-17)13-21(16-9-10-16)20(23)18-5-4-6-19(22)14(18)2/h4-8,11-12,16,22H,3,9-10,13H2,1-2H3. The fraction of sp³-hybridized carbons (Fsp3) is 0.350. The predicted octanol–water partition coefficient (Wildman–Crippen LogP) is 3.90. The van der Waals surface area contributed by atoms with E-state index >= 15 is 0 Å². The summed E-state index contributed by atoms with van der Waals surface area (Å²) in [7, 11) is 0. The van der Waals surface area contributed by atoms with Gasteiger partial charge in [0.25, 0.3) is 5.91 Å². The van der Waals surface area contributed by atoms with Crippen molar-refractivity contribution in [2.75, 3.05) is 6.61 Å². The molecule has 24 heavy (non-hydrogen) atoms. The Balaban J connectivity index is 1.80. The molecule has 4 heteroatoms. The molecule has 1 N–H and O–H groups in total. The molecule has 2 aromatic rings. The topological polar surface area (TPSA) is 49.8 Å². The highest BCUT2D eigenvalue weighted by Crippen LogP contribution is 2.31. The highest BCUT2D eigenvalue weighted by atomic mass is 16.5. The first-order valence-corrected chi connectivity index (χ1v) is 8.41. The van der Waals surface area contributed by atoms with Gasteiger partial charge in [0.2, 0.25) is 0 Å². The van der Waals surface area contributed by atoms with Gasteiger partial charge in [-0.1, -0.05) is 18.2 Å². The molecule has 3 rings (SSSR count). The van der Waals surface area contributed by atoms with E-state index in [9.17, 15) is 9.90 Å². The van der Waals surface area contributed by atoms with Gasteiger partial charge in [-0.15, -0.1) is 0 Å². The average molecular weight is 325 g/mol. The van der Waals surface area contributed by atoms with E-state index in [4.69, 9.17) is 4.74 Å². The maximum absolute atomic E-state index is 13.0. The molecule has 0 aromatic heterocycles. The minimum atomic E-state index is -0.0141. The number of rotatable bonds is 6. The Hall–Kier alpha value is -2.49. The molecule has 126 valence electrons. The van der Waals surface area contributed by atoms with Crippen molar-refractivity contribution >= 4 is 5.91 Å². The zero-order valence-corrected chi connectivity index (χ0v) is 14.2. The lowest BCUT2D eigenvalue weighted by molar-refractivity contribution is 0.0728. The summed E-state index contributed by atoms with van der Waals surface area (Å²) in [4.78, 5) is 14.9. The summed E-state index contributed by atoms with van der Waals surface area (Å²) in [5.41, 5.74) is 2.30. The Morgan fingerprint density at radius 3 is 2.54 bits per heavy atom. The van der Waals surface area contributed by atoms with Gasteiger partial charge in [0.1, 0.15) is 11.5 Å². The van der Waals surface area contributed by atoms with Gasteiger partial charge in [-0.3, -0.25) is 4.79 Å². The summed E-state index contributed by atoms with van der Waals surface area (Å²) in [5, 5.41) is 9.87. The molecule has 1 saturated carbocycles. The van der Waals surface area contributed by atoms with E-state index in [2.05, 4.69) is 0 Å². The predicted molar refractivity (Wildman–Crippen MR) is 93.4 cm³/mol. The third-order valence-electron chi connectivity index (χ3n) is 4.37. The van der Waals surface area contributed by atoms with Crippen LogP contribution in [0.1, 0.15) is 41.3 Å². The molecule has 0 bridgehead atoms. The second kappa shape index (κ2) is 6.95. The van der Waals surface area contributed by atoms with Gasteiger partial charge in [-0.05, 0) is 56.5 Å².